The number of benzene rings is 2. The van der Waals surface area contributed by atoms with E-state index in [-0.39, 0.29) is 6.61 Å². The van der Waals surface area contributed by atoms with Crippen molar-refractivity contribution in [2.24, 2.45) is 0 Å². The number of hydrogen-bond acceptors (Lipinski definition) is 4. The highest BCUT2D eigenvalue weighted by Crippen LogP contribution is 2.31. The molecule has 5 heteroatoms. The number of aliphatic hydroxyl groups excluding tert-OH is 2. The molecule has 2 aromatic heterocycles. The smallest absolute Gasteiger partial charge is 0.155 e. The molecule has 0 radical (unpaired) electrons. The number of rotatable bonds is 5. The van der Waals surface area contributed by atoms with Gasteiger partial charge in [-0.05, 0) is 23.8 Å². The van der Waals surface area contributed by atoms with E-state index >= 15 is 0 Å². The molecular formula is C23H26N2O3. The summed E-state index contributed by atoms with van der Waals surface area (Å²) in [4.78, 5) is 0. The van der Waals surface area contributed by atoms with Crippen LogP contribution in [0.2, 0.25) is 0 Å². The van der Waals surface area contributed by atoms with E-state index in [2.05, 4.69) is 26.0 Å². The van der Waals surface area contributed by atoms with Crippen LogP contribution in [0.25, 0.3) is 22.4 Å². The molecule has 4 rings (SSSR count). The van der Waals surface area contributed by atoms with Crippen LogP contribution in [-0.4, -0.2) is 26.6 Å². The Morgan fingerprint density at radius 1 is 0.964 bits per heavy atom. The fourth-order valence-corrected chi connectivity index (χ4v) is 2.94. The van der Waals surface area contributed by atoms with Crippen molar-refractivity contribution in [3.05, 3.63) is 78.1 Å². The number of hydrogen-bond donors (Lipinski definition) is 2. The Morgan fingerprint density at radius 3 is 2.36 bits per heavy atom. The fourth-order valence-electron chi connectivity index (χ4n) is 2.94. The second kappa shape index (κ2) is 9.35. The van der Waals surface area contributed by atoms with Crippen molar-refractivity contribution >= 4 is 10.9 Å². The first kappa shape index (κ1) is 19.9. The highest BCUT2D eigenvalue weighted by molar-refractivity contribution is 5.92. The maximum atomic E-state index is 9.73. The van der Waals surface area contributed by atoms with Crippen molar-refractivity contribution in [1.82, 2.24) is 9.78 Å². The van der Waals surface area contributed by atoms with Gasteiger partial charge in [-0.15, -0.1) is 0 Å². The van der Waals surface area contributed by atoms with Gasteiger partial charge in [-0.3, -0.25) is 4.68 Å². The molecule has 0 aliphatic rings. The van der Waals surface area contributed by atoms with E-state index in [0.29, 0.717) is 18.1 Å². The van der Waals surface area contributed by atoms with Gasteiger partial charge in [0.2, 0.25) is 0 Å². The van der Waals surface area contributed by atoms with Gasteiger partial charge < -0.3 is 14.6 Å². The van der Waals surface area contributed by atoms with Crippen LogP contribution < -0.4 is 0 Å². The Balaban J connectivity index is 0.000000706. The molecule has 2 aromatic carbocycles. The zero-order valence-corrected chi connectivity index (χ0v) is 16.2. The monoisotopic (exact) mass is 378 g/mol. The van der Waals surface area contributed by atoms with Crippen LogP contribution >= 0.6 is 0 Å². The van der Waals surface area contributed by atoms with Crippen LogP contribution in [-0.2, 0) is 6.54 Å². The summed E-state index contributed by atoms with van der Waals surface area (Å²) in [5.41, 5.74) is 2.91. The van der Waals surface area contributed by atoms with Gasteiger partial charge in [0.05, 0.1) is 18.7 Å². The zero-order chi connectivity index (χ0) is 19.9. The average molecular weight is 378 g/mol. The minimum absolute atomic E-state index is 0.333. The van der Waals surface area contributed by atoms with Gasteiger partial charge in [0.15, 0.2) is 5.76 Å². The first-order chi connectivity index (χ1) is 13.7. The molecule has 0 bridgehead atoms. The Morgan fingerprint density at radius 2 is 1.64 bits per heavy atom. The van der Waals surface area contributed by atoms with E-state index in [1.165, 1.54) is 6.42 Å². The van der Waals surface area contributed by atoms with E-state index in [4.69, 9.17) is 14.6 Å². The standard InChI is InChI=1S/C20H18N2O3.C3H8/c23-13-17(24)18-10-11-19(25-18)20-15-8-4-5-9-16(15)22(21-20)12-14-6-2-1-3-7-14;1-3-2/h1-11,17,23-24H,12-13H2;3H2,1-2H3. The summed E-state index contributed by atoms with van der Waals surface area (Å²) < 4.78 is 7.66. The molecule has 0 amide bonds. The number of para-hydroxylation sites is 1. The molecule has 5 nitrogen and oxygen atoms in total. The van der Waals surface area contributed by atoms with Crippen molar-refractivity contribution in [2.45, 2.75) is 32.9 Å². The zero-order valence-electron chi connectivity index (χ0n) is 16.2. The second-order valence-corrected chi connectivity index (χ2v) is 6.62. The summed E-state index contributed by atoms with van der Waals surface area (Å²) in [5.74, 6) is 0.907. The van der Waals surface area contributed by atoms with Crippen molar-refractivity contribution in [1.29, 1.82) is 0 Å². The van der Waals surface area contributed by atoms with Crippen LogP contribution in [0.5, 0.6) is 0 Å². The van der Waals surface area contributed by atoms with E-state index in [1.807, 2.05) is 47.1 Å². The molecule has 0 saturated carbocycles. The van der Waals surface area contributed by atoms with Gasteiger partial charge >= 0.3 is 0 Å². The lowest BCUT2D eigenvalue weighted by Crippen LogP contribution is -2.01. The van der Waals surface area contributed by atoms with Crippen LogP contribution in [0.1, 0.15) is 37.7 Å². The van der Waals surface area contributed by atoms with Gasteiger partial charge in [-0.25, -0.2) is 0 Å². The molecule has 146 valence electrons. The lowest BCUT2D eigenvalue weighted by molar-refractivity contribution is 0.0781. The number of nitrogens with zero attached hydrogens (tertiary/aromatic N) is 2. The highest BCUT2D eigenvalue weighted by Gasteiger charge is 2.17. The van der Waals surface area contributed by atoms with Gasteiger partial charge in [0.1, 0.15) is 17.6 Å². The lowest BCUT2D eigenvalue weighted by atomic mass is 10.2. The Labute approximate surface area is 164 Å². The molecule has 2 N–H and O–H groups in total. The molecule has 0 aliphatic heterocycles. The third-order valence-electron chi connectivity index (χ3n) is 4.19. The van der Waals surface area contributed by atoms with Crippen molar-refractivity contribution < 1.29 is 14.6 Å². The molecule has 2 heterocycles. The summed E-state index contributed by atoms with van der Waals surface area (Å²) >= 11 is 0. The number of aromatic nitrogens is 2. The van der Waals surface area contributed by atoms with Gasteiger partial charge in [0.25, 0.3) is 0 Å². The molecule has 0 saturated heterocycles. The minimum atomic E-state index is -1.02. The second-order valence-electron chi connectivity index (χ2n) is 6.62. The summed E-state index contributed by atoms with van der Waals surface area (Å²) in [6.45, 7) is 4.53. The predicted octanol–water partition coefficient (Wildman–Crippen LogP) is 4.79. The Kier molecular flexibility index (Phi) is 6.63. The molecule has 28 heavy (non-hydrogen) atoms. The Bertz CT molecular complexity index is 1010. The van der Waals surface area contributed by atoms with Crippen molar-refractivity contribution in [2.75, 3.05) is 6.61 Å². The molecule has 0 aliphatic carbocycles. The van der Waals surface area contributed by atoms with E-state index < -0.39 is 6.10 Å². The summed E-state index contributed by atoms with van der Waals surface area (Å²) in [5, 5.41) is 24.5. The molecule has 4 aromatic rings. The van der Waals surface area contributed by atoms with Crippen LogP contribution in [0.3, 0.4) is 0 Å². The van der Waals surface area contributed by atoms with Crippen LogP contribution in [0.15, 0.2) is 71.1 Å². The van der Waals surface area contributed by atoms with Crippen LogP contribution in [0.4, 0.5) is 0 Å². The van der Waals surface area contributed by atoms with Gasteiger partial charge in [-0.1, -0.05) is 68.8 Å². The lowest BCUT2D eigenvalue weighted by Gasteiger charge is -2.03. The van der Waals surface area contributed by atoms with Gasteiger partial charge in [-0.2, -0.15) is 5.10 Å². The minimum Gasteiger partial charge on any atom is -0.456 e. The molecule has 1 atom stereocenters. The van der Waals surface area contributed by atoms with Crippen molar-refractivity contribution in [3.8, 4) is 11.5 Å². The van der Waals surface area contributed by atoms with Crippen molar-refractivity contribution in [3.63, 3.8) is 0 Å². The predicted molar refractivity (Wildman–Crippen MR) is 111 cm³/mol. The number of aliphatic hydroxyl groups is 2. The first-order valence-corrected chi connectivity index (χ1v) is 9.56. The topological polar surface area (TPSA) is 71.4 Å². The third-order valence-corrected chi connectivity index (χ3v) is 4.19. The summed E-state index contributed by atoms with van der Waals surface area (Å²) in [6, 6.07) is 21.6. The van der Waals surface area contributed by atoms with E-state index in [9.17, 15) is 5.11 Å². The normalized spacial score (nSPS) is 11.9. The molecule has 0 fully saturated rings. The molecule has 0 spiro atoms. The molecular weight excluding hydrogens is 352 g/mol. The maximum Gasteiger partial charge on any atom is 0.155 e. The maximum absolute atomic E-state index is 9.73. The first-order valence-electron chi connectivity index (χ1n) is 9.56. The molecule has 1 unspecified atom stereocenters. The fraction of sp³-hybridized carbons (Fsp3) is 0.261. The highest BCUT2D eigenvalue weighted by atomic mass is 16.4. The number of furan rings is 1. The van der Waals surface area contributed by atoms with E-state index in [1.54, 1.807) is 12.1 Å². The third kappa shape index (κ3) is 4.32. The SMILES string of the molecule is CCC.OCC(O)c1ccc(-c2nn(Cc3ccccc3)c3ccccc23)o1. The Hall–Kier alpha value is -2.89. The summed E-state index contributed by atoms with van der Waals surface area (Å²) in [6.07, 6.45) is 0.228. The van der Waals surface area contributed by atoms with Crippen LogP contribution in [0, 0.1) is 0 Å². The van der Waals surface area contributed by atoms with E-state index in [0.717, 1.165) is 22.2 Å². The summed E-state index contributed by atoms with van der Waals surface area (Å²) in [7, 11) is 0. The van der Waals surface area contributed by atoms with Gasteiger partial charge in [0, 0.05) is 5.39 Å². The average Bonchev–Trinajstić information content (AvgIpc) is 3.34. The number of fused-ring (bicyclic) bond motifs is 1. The largest absolute Gasteiger partial charge is 0.456 e. The quantitative estimate of drug-likeness (QED) is 0.524.